The normalized spacial score (nSPS) is 14.4. The van der Waals surface area contributed by atoms with E-state index in [0.717, 1.165) is 16.7 Å². The lowest BCUT2D eigenvalue weighted by atomic mass is 9.93. The molecule has 3 aromatic carbocycles. The number of carbonyl (C=O) groups is 9. The summed E-state index contributed by atoms with van der Waals surface area (Å²) in [5.74, 6) is -6.35. The number of nitrogens with two attached hydrogens (primary N) is 3. The lowest BCUT2D eigenvalue weighted by molar-refractivity contribution is -0.138. The molecule has 21 nitrogen and oxygen atoms in total. The summed E-state index contributed by atoms with van der Waals surface area (Å²) in [5, 5.41) is 33.6. The number of carboxylic acids is 1. The standard InChI is InChI=1S/C71H113N11O10/c1-47(2)34-54(67(88)79-58(29-19-21-33-73)40-64(84)76-45-56(36-49(5)6)69(90)81-60(42-66(86)87)38-53-26-16-11-17-27-53)43-75-63(83)39-57(28-18-20-32-72)80-68(89)55(35-48(3)4)44-77-65(85)41-59(37-52-24-14-10-15-25-52)82-70(91)61(50(7)8)46-78-71(92)62(74)31-30-51-22-12-9-13-23-51/h9-17,22-27,47-50,54-62H,18-21,28-46,72-74H2,1-8H3,(H,75,83)(H,76,84)(H,77,85)(H,78,92)(H,79,88)(H,80,89)(H,81,90)(H,82,91)(H,86,87)/t54-,55-,56-,57-,58-,59-,60-,61+,62-/m0/s1. The van der Waals surface area contributed by atoms with Gasteiger partial charge in [0.2, 0.25) is 47.3 Å². The number of hydrogen-bond donors (Lipinski definition) is 12. The predicted octanol–water partition coefficient (Wildman–Crippen LogP) is 6.00. The molecule has 0 fully saturated rings. The monoisotopic (exact) mass is 1280 g/mol. The Labute approximate surface area is 548 Å². The van der Waals surface area contributed by atoms with Crippen LogP contribution in [0, 0.1) is 47.3 Å². The van der Waals surface area contributed by atoms with Gasteiger partial charge in [-0.25, -0.2) is 0 Å². The topological polar surface area (TPSA) is 348 Å². The van der Waals surface area contributed by atoms with Gasteiger partial charge in [-0.2, -0.15) is 0 Å². The van der Waals surface area contributed by atoms with E-state index in [1.54, 1.807) is 0 Å². The summed E-state index contributed by atoms with van der Waals surface area (Å²) >= 11 is 0. The molecule has 3 aromatic rings. The Morgan fingerprint density at radius 3 is 1.11 bits per heavy atom. The van der Waals surface area contributed by atoms with Gasteiger partial charge in [-0.15, -0.1) is 0 Å². The Morgan fingerprint density at radius 2 is 0.750 bits per heavy atom. The first kappa shape index (κ1) is 79.0. The molecule has 0 heterocycles. The number of carboxylic acid groups (broad SMARTS) is 1. The third-order valence-electron chi connectivity index (χ3n) is 16.3. The van der Waals surface area contributed by atoms with Crippen LogP contribution in [0.5, 0.6) is 0 Å². The van der Waals surface area contributed by atoms with E-state index in [1.165, 1.54) is 0 Å². The van der Waals surface area contributed by atoms with Crippen molar-refractivity contribution in [1.29, 1.82) is 0 Å². The molecule has 0 saturated carbocycles. The van der Waals surface area contributed by atoms with Crippen molar-refractivity contribution in [1.82, 2.24) is 42.5 Å². The van der Waals surface area contributed by atoms with Crippen molar-refractivity contribution in [3.8, 4) is 0 Å². The second kappa shape index (κ2) is 44.3. The smallest absolute Gasteiger partial charge is 0.305 e. The number of unbranched alkanes of at least 4 members (excludes halogenated alkanes) is 2. The summed E-state index contributed by atoms with van der Waals surface area (Å²) in [6, 6.07) is 25.4. The fourth-order valence-electron chi connectivity index (χ4n) is 11.4. The fraction of sp³-hybridized carbons (Fsp3) is 0.620. The van der Waals surface area contributed by atoms with Gasteiger partial charge in [0, 0.05) is 69.6 Å². The molecule has 0 unspecified atom stereocenters. The van der Waals surface area contributed by atoms with E-state index >= 15 is 0 Å². The van der Waals surface area contributed by atoms with Gasteiger partial charge in [-0.05, 0) is 124 Å². The number of aliphatic carboxylic acids is 1. The minimum Gasteiger partial charge on any atom is -0.481 e. The summed E-state index contributed by atoms with van der Waals surface area (Å²) in [6.07, 6.45) is 6.04. The zero-order chi connectivity index (χ0) is 68.0. The lowest BCUT2D eigenvalue weighted by Crippen LogP contribution is -2.49. The number of amides is 8. The number of nitrogens with one attached hydrogen (secondary N) is 8. The van der Waals surface area contributed by atoms with Crippen LogP contribution in [0.3, 0.4) is 0 Å². The van der Waals surface area contributed by atoms with Crippen molar-refractivity contribution in [3.63, 3.8) is 0 Å². The second-order valence-corrected chi connectivity index (χ2v) is 26.6. The van der Waals surface area contributed by atoms with Gasteiger partial charge in [-0.3, -0.25) is 43.2 Å². The van der Waals surface area contributed by atoms with Crippen LogP contribution in [0.4, 0.5) is 0 Å². The Morgan fingerprint density at radius 1 is 0.402 bits per heavy atom. The Balaban J connectivity index is 1.68. The Bertz CT molecular complexity index is 2660. The molecule has 9 atom stereocenters. The van der Waals surface area contributed by atoms with Crippen molar-refractivity contribution in [3.05, 3.63) is 108 Å². The largest absolute Gasteiger partial charge is 0.481 e. The number of carbonyl (C=O) groups excluding carboxylic acids is 8. The Kier molecular flexibility index (Phi) is 38.1. The van der Waals surface area contributed by atoms with Crippen molar-refractivity contribution >= 4 is 53.2 Å². The highest BCUT2D eigenvalue weighted by Crippen LogP contribution is 2.20. The molecule has 0 bridgehead atoms. The van der Waals surface area contributed by atoms with E-state index in [-0.39, 0.29) is 123 Å². The maximum Gasteiger partial charge on any atom is 0.305 e. The van der Waals surface area contributed by atoms with Crippen molar-refractivity contribution < 1.29 is 48.3 Å². The molecule has 0 saturated heterocycles. The summed E-state index contributed by atoms with van der Waals surface area (Å²) < 4.78 is 0. The molecule has 0 aliphatic rings. The number of rotatable bonds is 47. The highest BCUT2D eigenvalue weighted by atomic mass is 16.4. The molecule has 21 heteroatoms. The molecule has 8 amide bonds. The number of aryl methyl sites for hydroxylation is 1. The van der Waals surface area contributed by atoms with Crippen molar-refractivity contribution in [2.24, 2.45) is 64.5 Å². The lowest BCUT2D eigenvalue weighted by Gasteiger charge is -2.27. The molecule has 0 aliphatic carbocycles. The summed E-state index contributed by atoms with van der Waals surface area (Å²) in [6.45, 7) is 16.6. The fourth-order valence-corrected chi connectivity index (χ4v) is 11.4. The van der Waals surface area contributed by atoms with E-state index in [0.29, 0.717) is 96.6 Å². The third-order valence-corrected chi connectivity index (χ3v) is 16.3. The zero-order valence-electron chi connectivity index (χ0n) is 56.3. The quantitative estimate of drug-likeness (QED) is 0.0289. The van der Waals surface area contributed by atoms with Crippen molar-refractivity contribution in [2.75, 3.05) is 39.3 Å². The minimum atomic E-state index is -1.04. The van der Waals surface area contributed by atoms with E-state index < -0.39 is 59.9 Å². The first-order valence-electron chi connectivity index (χ1n) is 33.6. The minimum absolute atomic E-state index is 0.000134. The van der Waals surface area contributed by atoms with Gasteiger partial charge < -0.3 is 64.8 Å². The molecule has 512 valence electrons. The number of hydrogen-bond acceptors (Lipinski definition) is 12. The van der Waals surface area contributed by atoms with Gasteiger partial charge >= 0.3 is 5.97 Å². The van der Waals surface area contributed by atoms with Crippen LogP contribution in [-0.2, 0) is 62.4 Å². The molecule has 0 aliphatic heterocycles. The zero-order valence-corrected chi connectivity index (χ0v) is 56.3. The highest BCUT2D eigenvalue weighted by Gasteiger charge is 2.31. The number of benzene rings is 3. The molecular formula is C71H113N11O10. The summed E-state index contributed by atoms with van der Waals surface area (Å²) in [4.78, 5) is 123. The van der Waals surface area contributed by atoms with Crippen LogP contribution in [0.15, 0.2) is 91.0 Å². The molecule has 92 heavy (non-hydrogen) atoms. The van der Waals surface area contributed by atoms with E-state index in [4.69, 9.17) is 17.2 Å². The van der Waals surface area contributed by atoms with Crippen LogP contribution in [0.25, 0.3) is 0 Å². The van der Waals surface area contributed by atoms with Gasteiger partial charge in [0.1, 0.15) is 0 Å². The molecule has 0 radical (unpaired) electrons. The maximum absolute atomic E-state index is 14.3. The van der Waals surface area contributed by atoms with Crippen LogP contribution in [0.1, 0.15) is 162 Å². The average Bonchev–Trinajstić information content (AvgIpc) is 1.40. The molecule has 3 rings (SSSR count). The predicted molar refractivity (Wildman–Crippen MR) is 362 cm³/mol. The van der Waals surface area contributed by atoms with Crippen molar-refractivity contribution in [2.45, 2.75) is 195 Å². The van der Waals surface area contributed by atoms with Gasteiger partial charge in [0.15, 0.2) is 0 Å². The third kappa shape index (κ3) is 33.9. The maximum atomic E-state index is 14.3. The first-order chi connectivity index (χ1) is 43.8. The van der Waals surface area contributed by atoms with Gasteiger partial charge in [0.25, 0.3) is 0 Å². The van der Waals surface area contributed by atoms with Crippen LogP contribution >= 0.6 is 0 Å². The Hall–Kier alpha value is -7.23. The van der Waals surface area contributed by atoms with E-state index in [9.17, 15) is 48.3 Å². The highest BCUT2D eigenvalue weighted by molar-refractivity contribution is 5.86. The van der Waals surface area contributed by atoms with Crippen LogP contribution < -0.4 is 59.7 Å². The molecule has 0 aromatic heterocycles. The summed E-state index contributed by atoms with van der Waals surface area (Å²) in [5.41, 5.74) is 20.9. The van der Waals surface area contributed by atoms with E-state index in [1.807, 2.05) is 146 Å². The molecule has 15 N–H and O–H groups in total. The SMILES string of the molecule is CC(C)C[C@@H](CNC(=O)C[C@H](CCCCN)NC(=O)[C@H](CNC(=O)C[C@H](CCCCN)NC(=O)[C@H](CNC(=O)C[C@H](Cc1ccccc1)NC(=O)[C@H](CNC(=O)[C@@H](N)CCc1ccccc1)C(C)C)CC(C)C)CC(C)C)C(=O)N[C@H](CC(=O)O)Cc1ccccc1. The van der Waals surface area contributed by atoms with Crippen LogP contribution in [-0.4, -0.2) is 128 Å². The average molecular weight is 1280 g/mol. The van der Waals surface area contributed by atoms with E-state index in [2.05, 4.69) is 42.5 Å². The van der Waals surface area contributed by atoms with Gasteiger partial charge in [0.05, 0.1) is 36.1 Å². The van der Waals surface area contributed by atoms with Crippen LogP contribution in [0.2, 0.25) is 0 Å². The van der Waals surface area contributed by atoms with Gasteiger partial charge in [-0.1, -0.05) is 159 Å². The first-order valence-corrected chi connectivity index (χ1v) is 33.6. The molecular weight excluding hydrogens is 1170 g/mol. The summed E-state index contributed by atoms with van der Waals surface area (Å²) in [7, 11) is 0. The second-order valence-electron chi connectivity index (χ2n) is 26.6. The molecule has 0 spiro atoms.